The van der Waals surface area contributed by atoms with Crippen molar-refractivity contribution in [3.8, 4) is 0 Å². The predicted molar refractivity (Wildman–Crippen MR) is 60.6 cm³/mol. The second-order valence-corrected chi connectivity index (χ2v) is 4.96. The van der Waals surface area contributed by atoms with E-state index in [4.69, 9.17) is 0 Å². The van der Waals surface area contributed by atoms with Crippen molar-refractivity contribution >= 4 is 5.91 Å². The second-order valence-electron chi connectivity index (χ2n) is 4.96. The third-order valence-corrected chi connectivity index (χ3v) is 3.99. The smallest absolute Gasteiger partial charge is 0.223 e. The van der Waals surface area contributed by atoms with Gasteiger partial charge in [-0.1, -0.05) is 13.8 Å². The molecule has 86 valence electrons. The first kappa shape index (κ1) is 10.9. The lowest BCUT2D eigenvalue weighted by Crippen LogP contribution is -2.44. The molecule has 3 atom stereocenters. The van der Waals surface area contributed by atoms with Gasteiger partial charge in [0, 0.05) is 24.5 Å². The van der Waals surface area contributed by atoms with Gasteiger partial charge in [-0.2, -0.15) is 0 Å². The zero-order chi connectivity index (χ0) is 10.8. The minimum absolute atomic E-state index is 0.167. The van der Waals surface area contributed by atoms with Crippen LogP contribution in [0.4, 0.5) is 0 Å². The third-order valence-electron chi connectivity index (χ3n) is 3.99. The van der Waals surface area contributed by atoms with E-state index < -0.39 is 0 Å². The zero-order valence-corrected chi connectivity index (χ0v) is 9.83. The largest absolute Gasteiger partial charge is 0.352 e. The number of nitrogens with one attached hydrogen (secondary N) is 1. The Kier molecular flexibility index (Phi) is 3.29. The summed E-state index contributed by atoms with van der Waals surface area (Å²) in [5.74, 6) is 0.414. The molecule has 1 N–H and O–H groups in total. The Hall–Kier alpha value is -0.570. The second kappa shape index (κ2) is 4.52. The van der Waals surface area contributed by atoms with Crippen LogP contribution >= 0.6 is 0 Å². The topological polar surface area (TPSA) is 32.3 Å². The molecule has 2 heterocycles. The van der Waals surface area contributed by atoms with E-state index in [-0.39, 0.29) is 11.8 Å². The molecule has 2 rings (SSSR count). The third kappa shape index (κ3) is 2.17. The fraction of sp³-hybridized carbons (Fsp3) is 0.917. The van der Waals surface area contributed by atoms with Gasteiger partial charge in [0.2, 0.25) is 5.91 Å². The lowest BCUT2D eigenvalue weighted by Gasteiger charge is -2.22. The van der Waals surface area contributed by atoms with Gasteiger partial charge >= 0.3 is 0 Å². The highest BCUT2D eigenvalue weighted by Crippen LogP contribution is 2.28. The predicted octanol–water partition coefficient (Wildman–Crippen LogP) is 1.39. The number of amides is 1. The van der Waals surface area contributed by atoms with Gasteiger partial charge in [-0.25, -0.2) is 0 Å². The normalized spacial score (nSPS) is 32.7. The van der Waals surface area contributed by atoms with E-state index in [1.807, 2.05) is 6.92 Å². The first-order valence-corrected chi connectivity index (χ1v) is 6.26. The Morgan fingerprint density at radius 3 is 3.00 bits per heavy atom. The monoisotopic (exact) mass is 210 g/mol. The summed E-state index contributed by atoms with van der Waals surface area (Å²) in [6, 6.07) is 1.06. The summed E-state index contributed by atoms with van der Waals surface area (Å²) in [6.45, 7) is 6.49. The molecule has 1 unspecified atom stereocenters. The average molecular weight is 210 g/mol. The fourth-order valence-electron chi connectivity index (χ4n) is 2.76. The van der Waals surface area contributed by atoms with Crippen molar-refractivity contribution < 1.29 is 4.79 Å². The molecule has 0 aromatic carbocycles. The molecule has 0 aromatic heterocycles. The molecule has 0 spiro atoms. The highest BCUT2D eigenvalue weighted by molar-refractivity contribution is 5.78. The van der Waals surface area contributed by atoms with E-state index in [1.54, 1.807) is 0 Å². The lowest BCUT2D eigenvalue weighted by atomic mass is 10.0. The molecule has 0 radical (unpaired) electrons. The van der Waals surface area contributed by atoms with Gasteiger partial charge in [0.15, 0.2) is 0 Å². The summed E-state index contributed by atoms with van der Waals surface area (Å²) in [7, 11) is 0. The van der Waals surface area contributed by atoms with Crippen LogP contribution in [-0.4, -0.2) is 36.0 Å². The number of nitrogens with zero attached hydrogens (tertiary/aromatic N) is 1. The molecule has 0 aromatic rings. The van der Waals surface area contributed by atoms with Crippen LogP contribution in [0.5, 0.6) is 0 Å². The van der Waals surface area contributed by atoms with E-state index in [2.05, 4.69) is 17.1 Å². The number of hydrogen-bond acceptors (Lipinski definition) is 2. The number of hydrogen-bond donors (Lipinski definition) is 1. The van der Waals surface area contributed by atoms with Crippen molar-refractivity contribution in [1.29, 1.82) is 0 Å². The van der Waals surface area contributed by atoms with Crippen LogP contribution in [0, 0.1) is 5.92 Å². The molecule has 2 aliphatic heterocycles. The quantitative estimate of drug-likeness (QED) is 0.763. The molecule has 2 aliphatic rings. The summed E-state index contributed by atoms with van der Waals surface area (Å²) in [5.41, 5.74) is 0. The Labute approximate surface area is 92.2 Å². The van der Waals surface area contributed by atoms with Crippen LogP contribution in [-0.2, 0) is 4.79 Å². The minimum Gasteiger partial charge on any atom is -0.352 e. The molecular formula is C12H22N2O. The summed E-state index contributed by atoms with van der Waals surface area (Å²) in [5, 5.41) is 3.22. The molecule has 0 bridgehead atoms. The highest BCUT2D eigenvalue weighted by atomic mass is 16.1. The van der Waals surface area contributed by atoms with Gasteiger partial charge < -0.3 is 5.32 Å². The number of carbonyl (C=O) groups excluding carboxylic acids is 1. The van der Waals surface area contributed by atoms with Crippen molar-refractivity contribution in [2.45, 2.75) is 51.6 Å². The fourth-order valence-corrected chi connectivity index (χ4v) is 2.76. The van der Waals surface area contributed by atoms with Crippen molar-refractivity contribution in [3.63, 3.8) is 0 Å². The Balaban J connectivity index is 1.87. The molecule has 3 heteroatoms. The van der Waals surface area contributed by atoms with Crippen LogP contribution in [0.25, 0.3) is 0 Å². The minimum atomic E-state index is 0.167. The number of carbonyl (C=O) groups is 1. The maximum Gasteiger partial charge on any atom is 0.223 e. The SMILES string of the molecule is CCC(C)C(=O)N[C@@H]1CCN2CCC[C@@H]12. The van der Waals surface area contributed by atoms with Crippen LogP contribution in [0.15, 0.2) is 0 Å². The van der Waals surface area contributed by atoms with E-state index in [0.717, 1.165) is 12.8 Å². The van der Waals surface area contributed by atoms with Gasteiger partial charge in [0.05, 0.1) is 0 Å². The van der Waals surface area contributed by atoms with Gasteiger partial charge in [-0.15, -0.1) is 0 Å². The molecule has 0 saturated carbocycles. The Morgan fingerprint density at radius 2 is 2.27 bits per heavy atom. The van der Waals surface area contributed by atoms with Crippen LogP contribution in [0.1, 0.15) is 39.5 Å². The summed E-state index contributed by atoms with van der Waals surface area (Å²) in [4.78, 5) is 14.3. The average Bonchev–Trinajstić information content (AvgIpc) is 2.81. The molecule has 3 nitrogen and oxygen atoms in total. The number of fused-ring (bicyclic) bond motifs is 1. The summed E-state index contributed by atoms with van der Waals surface area (Å²) in [6.07, 6.45) is 4.66. The lowest BCUT2D eigenvalue weighted by molar-refractivity contribution is -0.125. The van der Waals surface area contributed by atoms with Crippen LogP contribution in [0.3, 0.4) is 0 Å². The van der Waals surface area contributed by atoms with Gasteiger partial charge in [0.1, 0.15) is 0 Å². The molecule has 0 aliphatic carbocycles. The first-order chi connectivity index (χ1) is 7.22. The molecule has 2 saturated heterocycles. The zero-order valence-electron chi connectivity index (χ0n) is 9.83. The maximum absolute atomic E-state index is 11.8. The molecule has 15 heavy (non-hydrogen) atoms. The highest BCUT2D eigenvalue weighted by Gasteiger charge is 2.37. The number of rotatable bonds is 3. The van der Waals surface area contributed by atoms with Gasteiger partial charge in [0.25, 0.3) is 0 Å². The first-order valence-electron chi connectivity index (χ1n) is 6.26. The Bertz CT molecular complexity index is 242. The molecule has 1 amide bonds. The van der Waals surface area contributed by atoms with Gasteiger partial charge in [-0.3, -0.25) is 9.69 Å². The molecular weight excluding hydrogens is 188 g/mol. The van der Waals surface area contributed by atoms with Crippen molar-refractivity contribution in [1.82, 2.24) is 10.2 Å². The maximum atomic E-state index is 11.8. The van der Waals surface area contributed by atoms with Crippen molar-refractivity contribution in [2.24, 2.45) is 5.92 Å². The van der Waals surface area contributed by atoms with Crippen LogP contribution in [0.2, 0.25) is 0 Å². The van der Waals surface area contributed by atoms with E-state index >= 15 is 0 Å². The van der Waals surface area contributed by atoms with E-state index in [1.165, 1.54) is 25.9 Å². The van der Waals surface area contributed by atoms with Crippen molar-refractivity contribution in [2.75, 3.05) is 13.1 Å². The van der Waals surface area contributed by atoms with E-state index in [9.17, 15) is 4.79 Å². The van der Waals surface area contributed by atoms with Crippen molar-refractivity contribution in [3.05, 3.63) is 0 Å². The summed E-state index contributed by atoms with van der Waals surface area (Å²) >= 11 is 0. The Morgan fingerprint density at radius 1 is 1.47 bits per heavy atom. The summed E-state index contributed by atoms with van der Waals surface area (Å²) < 4.78 is 0. The van der Waals surface area contributed by atoms with E-state index in [0.29, 0.717) is 12.1 Å². The van der Waals surface area contributed by atoms with Crippen LogP contribution < -0.4 is 5.32 Å². The van der Waals surface area contributed by atoms with Gasteiger partial charge in [-0.05, 0) is 32.2 Å². The molecule has 2 fully saturated rings. The standard InChI is InChI=1S/C12H22N2O/c1-3-9(2)12(15)13-10-6-8-14-7-4-5-11(10)14/h9-11H,3-8H2,1-2H3,(H,13,15)/t9?,10-,11+/m1/s1.